The Morgan fingerprint density at radius 2 is 2.09 bits per heavy atom. The summed E-state index contributed by atoms with van der Waals surface area (Å²) in [4.78, 5) is 9.35. The summed E-state index contributed by atoms with van der Waals surface area (Å²) in [5, 5.41) is 9.23. The highest BCUT2D eigenvalue weighted by Gasteiger charge is 2.24. The largest absolute Gasteiger partial charge is 0.337 e. The molecule has 0 aliphatic carbocycles. The molecule has 1 atom stereocenters. The summed E-state index contributed by atoms with van der Waals surface area (Å²) in [5.41, 5.74) is 1.91. The fourth-order valence-electron chi connectivity index (χ4n) is 3.19. The molecule has 1 aliphatic heterocycles. The second kappa shape index (κ2) is 6.95. The number of nitriles is 1. The van der Waals surface area contributed by atoms with Crippen molar-refractivity contribution in [2.45, 2.75) is 26.1 Å². The normalized spacial score (nSPS) is 19.6. The van der Waals surface area contributed by atoms with Crippen LogP contribution >= 0.6 is 0 Å². The van der Waals surface area contributed by atoms with Crippen molar-refractivity contribution in [3.8, 4) is 6.07 Å². The summed E-state index contributed by atoms with van der Waals surface area (Å²) in [6, 6.07) is 10.7. The van der Waals surface area contributed by atoms with Crippen molar-refractivity contribution >= 4 is 0 Å². The van der Waals surface area contributed by atoms with E-state index in [0.717, 1.165) is 49.7 Å². The zero-order chi connectivity index (χ0) is 16.2. The van der Waals surface area contributed by atoms with E-state index in [1.807, 2.05) is 37.6 Å². The molecule has 0 amide bonds. The molecule has 23 heavy (non-hydrogen) atoms. The van der Waals surface area contributed by atoms with E-state index in [-0.39, 0.29) is 0 Å². The second-order valence-electron chi connectivity index (χ2n) is 6.28. The van der Waals surface area contributed by atoms with Crippen LogP contribution < -0.4 is 0 Å². The molecule has 2 aromatic rings. The van der Waals surface area contributed by atoms with Gasteiger partial charge >= 0.3 is 0 Å². The topological polar surface area (TPSA) is 48.1 Å². The minimum Gasteiger partial charge on any atom is -0.337 e. The van der Waals surface area contributed by atoms with Gasteiger partial charge in [-0.15, -0.1) is 0 Å². The lowest BCUT2D eigenvalue weighted by molar-refractivity contribution is 0.0707. The van der Waals surface area contributed by atoms with Gasteiger partial charge in [-0.1, -0.05) is 18.2 Å². The minimum absolute atomic E-state index is 0.481. The highest BCUT2D eigenvalue weighted by atomic mass is 15.3. The number of imidazole rings is 1. The van der Waals surface area contributed by atoms with Gasteiger partial charge in [0, 0.05) is 51.7 Å². The van der Waals surface area contributed by atoms with Gasteiger partial charge in [0.1, 0.15) is 5.82 Å². The number of piperazine rings is 1. The predicted molar refractivity (Wildman–Crippen MR) is 89.5 cm³/mol. The van der Waals surface area contributed by atoms with Gasteiger partial charge < -0.3 is 4.57 Å². The number of aromatic nitrogens is 2. The van der Waals surface area contributed by atoms with E-state index in [9.17, 15) is 5.26 Å². The van der Waals surface area contributed by atoms with Crippen molar-refractivity contribution in [1.82, 2.24) is 19.4 Å². The van der Waals surface area contributed by atoms with Gasteiger partial charge in [0.05, 0.1) is 18.2 Å². The summed E-state index contributed by atoms with van der Waals surface area (Å²) < 4.78 is 2.09. The Kier molecular flexibility index (Phi) is 4.75. The minimum atomic E-state index is 0.481. The lowest BCUT2D eigenvalue weighted by Crippen LogP contribution is -2.51. The van der Waals surface area contributed by atoms with E-state index in [2.05, 4.69) is 38.4 Å². The van der Waals surface area contributed by atoms with Crippen LogP contribution in [0, 0.1) is 11.3 Å². The first-order chi connectivity index (χ1) is 11.2. The number of aryl methyl sites for hydroxylation is 1. The Morgan fingerprint density at radius 3 is 2.78 bits per heavy atom. The van der Waals surface area contributed by atoms with Gasteiger partial charge in [-0.3, -0.25) is 9.80 Å². The molecule has 0 N–H and O–H groups in total. The third-order valence-corrected chi connectivity index (χ3v) is 4.65. The van der Waals surface area contributed by atoms with Crippen molar-refractivity contribution < 1.29 is 0 Å². The molecule has 1 saturated heterocycles. The number of hydrogen-bond acceptors (Lipinski definition) is 4. The number of nitrogens with zero attached hydrogens (tertiary/aromatic N) is 5. The maximum absolute atomic E-state index is 9.23. The Labute approximate surface area is 137 Å². The van der Waals surface area contributed by atoms with Gasteiger partial charge in [0.2, 0.25) is 0 Å². The summed E-state index contributed by atoms with van der Waals surface area (Å²) in [6.07, 6.45) is 3.85. The van der Waals surface area contributed by atoms with E-state index >= 15 is 0 Å². The van der Waals surface area contributed by atoms with Crippen LogP contribution in [-0.4, -0.2) is 45.0 Å². The van der Waals surface area contributed by atoms with Gasteiger partial charge in [-0.2, -0.15) is 5.26 Å². The molecule has 0 spiro atoms. The molecule has 0 bridgehead atoms. The van der Waals surface area contributed by atoms with Crippen molar-refractivity contribution in [2.75, 3.05) is 19.6 Å². The van der Waals surface area contributed by atoms with Gasteiger partial charge in [-0.25, -0.2) is 4.98 Å². The van der Waals surface area contributed by atoms with Crippen molar-refractivity contribution in [3.05, 3.63) is 53.6 Å². The fourth-order valence-corrected chi connectivity index (χ4v) is 3.19. The fraction of sp³-hybridized carbons (Fsp3) is 0.444. The molecule has 1 aromatic heterocycles. The number of rotatable bonds is 4. The highest BCUT2D eigenvalue weighted by Crippen LogP contribution is 2.17. The van der Waals surface area contributed by atoms with Gasteiger partial charge in [0.25, 0.3) is 0 Å². The Morgan fingerprint density at radius 1 is 1.26 bits per heavy atom. The molecule has 120 valence electrons. The average molecular weight is 309 g/mol. The monoisotopic (exact) mass is 309 g/mol. The Bertz CT molecular complexity index is 699. The zero-order valence-electron chi connectivity index (χ0n) is 13.8. The highest BCUT2D eigenvalue weighted by molar-refractivity contribution is 5.37. The summed E-state index contributed by atoms with van der Waals surface area (Å²) in [6.45, 7) is 7.09. The van der Waals surface area contributed by atoms with Crippen LogP contribution in [0.15, 0.2) is 36.7 Å². The third-order valence-electron chi connectivity index (χ3n) is 4.65. The summed E-state index contributed by atoms with van der Waals surface area (Å²) in [7, 11) is 2.04. The molecule has 1 aliphatic rings. The van der Waals surface area contributed by atoms with Crippen LogP contribution in [-0.2, 0) is 20.1 Å². The predicted octanol–water partition coefficient (Wildman–Crippen LogP) is 2.00. The molecule has 0 unspecified atom stereocenters. The molecular weight excluding hydrogens is 286 g/mol. The van der Waals surface area contributed by atoms with E-state index in [1.54, 1.807) is 0 Å². The molecule has 0 saturated carbocycles. The van der Waals surface area contributed by atoms with E-state index in [4.69, 9.17) is 0 Å². The summed E-state index contributed by atoms with van der Waals surface area (Å²) in [5.74, 6) is 1.11. The lowest BCUT2D eigenvalue weighted by Gasteiger charge is -2.39. The van der Waals surface area contributed by atoms with Crippen molar-refractivity contribution in [3.63, 3.8) is 0 Å². The molecule has 5 nitrogen and oxygen atoms in total. The molecule has 3 rings (SSSR count). The van der Waals surface area contributed by atoms with Gasteiger partial charge in [-0.05, 0) is 18.6 Å². The smallest absolute Gasteiger partial charge is 0.122 e. The van der Waals surface area contributed by atoms with Gasteiger partial charge in [0.15, 0.2) is 0 Å². The van der Waals surface area contributed by atoms with Crippen molar-refractivity contribution in [2.24, 2.45) is 7.05 Å². The number of benzene rings is 1. The SMILES string of the molecule is C[C@H]1CN(Cc2ccccc2C#N)CCN1Cc1nccn1C. The molecule has 2 heterocycles. The van der Waals surface area contributed by atoms with Crippen LogP contribution in [0.1, 0.15) is 23.9 Å². The quantitative estimate of drug-likeness (QED) is 0.867. The first kappa shape index (κ1) is 15.7. The zero-order valence-corrected chi connectivity index (χ0v) is 13.8. The molecule has 0 radical (unpaired) electrons. The summed E-state index contributed by atoms with van der Waals surface area (Å²) >= 11 is 0. The lowest BCUT2D eigenvalue weighted by atomic mass is 10.1. The maximum Gasteiger partial charge on any atom is 0.122 e. The first-order valence-corrected chi connectivity index (χ1v) is 8.08. The van der Waals surface area contributed by atoms with E-state index in [1.165, 1.54) is 0 Å². The number of hydrogen-bond donors (Lipinski definition) is 0. The average Bonchev–Trinajstić information content (AvgIpc) is 2.95. The van der Waals surface area contributed by atoms with Crippen LogP contribution in [0.2, 0.25) is 0 Å². The van der Waals surface area contributed by atoms with Crippen molar-refractivity contribution in [1.29, 1.82) is 5.26 Å². The molecule has 1 aromatic carbocycles. The van der Waals surface area contributed by atoms with Crippen LogP contribution in [0.25, 0.3) is 0 Å². The maximum atomic E-state index is 9.23. The van der Waals surface area contributed by atoms with Crippen LogP contribution in [0.5, 0.6) is 0 Å². The van der Waals surface area contributed by atoms with Crippen LogP contribution in [0.4, 0.5) is 0 Å². The van der Waals surface area contributed by atoms with E-state index in [0.29, 0.717) is 6.04 Å². The molecular formula is C18H23N5. The van der Waals surface area contributed by atoms with Crippen LogP contribution in [0.3, 0.4) is 0 Å². The second-order valence-corrected chi connectivity index (χ2v) is 6.28. The molecule has 1 fully saturated rings. The Balaban J connectivity index is 1.60. The third kappa shape index (κ3) is 3.61. The Hall–Kier alpha value is -2.16. The first-order valence-electron chi connectivity index (χ1n) is 8.08. The molecule has 5 heteroatoms. The standard InChI is InChI=1S/C18H23N5/c1-15-12-22(13-17-6-4-3-5-16(17)11-19)9-10-23(15)14-18-20-7-8-21(18)2/h3-8,15H,9-10,12-14H2,1-2H3/t15-/m0/s1. The van der Waals surface area contributed by atoms with E-state index < -0.39 is 0 Å².